The first kappa shape index (κ1) is 21.4. The number of nitro groups is 2. The Morgan fingerprint density at radius 1 is 0.900 bits per heavy atom. The summed E-state index contributed by atoms with van der Waals surface area (Å²) >= 11 is 6.34. The van der Waals surface area contributed by atoms with E-state index in [0.717, 1.165) is 25.7 Å². The predicted octanol–water partition coefficient (Wildman–Crippen LogP) is 4.23. The largest absolute Gasteiger partial charge is 0.347 e. The van der Waals surface area contributed by atoms with Gasteiger partial charge in [-0.05, 0) is 37.1 Å². The molecule has 0 bridgehead atoms. The quantitative estimate of drug-likeness (QED) is 0.416. The molecule has 10 heteroatoms. The second-order valence-electron chi connectivity index (χ2n) is 6.96. The van der Waals surface area contributed by atoms with Crippen molar-refractivity contribution in [1.82, 2.24) is 5.32 Å². The normalized spacial score (nSPS) is 19.2. The van der Waals surface area contributed by atoms with E-state index in [2.05, 4.69) is 10.3 Å². The zero-order chi connectivity index (χ0) is 21.7. The molecule has 156 valence electrons. The number of nitro benzene ring substituents is 2. The lowest BCUT2D eigenvalue weighted by Gasteiger charge is -2.29. The number of non-ortho nitro benzene ring substituents is 2. The third-order valence-corrected chi connectivity index (χ3v) is 5.30. The summed E-state index contributed by atoms with van der Waals surface area (Å²) in [5.74, 6) is -0.330. The molecule has 1 saturated carbocycles. The Balaban J connectivity index is 1.72. The number of benzene rings is 2. The molecule has 3 rings (SSSR count). The van der Waals surface area contributed by atoms with Gasteiger partial charge in [0.25, 0.3) is 17.3 Å². The van der Waals surface area contributed by atoms with Crippen molar-refractivity contribution in [2.75, 3.05) is 0 Å². The Labute approximate surface area is 177 Å². The van der Waals surface area contributed by atoms with E-state index in [9.17, 15) is 25.0 Å². The molecular weight excluding hydrogens is 412 g/mol. The van der Waals surface area contributed by atoms with Gasteiger partial charge in [0.15, 0.2) is 0 Å². The van der Waals surface area contributed by atoms with Gasteiger partial charge >= 0.3 is 0 Å². The van der Waals surface area contributed by atoms with Crippen LogP contribution in [0, 0.1) is 20.2 Å². The van der Waals surface area contributed by atoms with Crippen molar-refractivity contribution in [2.45, 2.75) is 37.8 Å². The van der Waals surface area contributed by atoms with E-state index in [0.29, 0.717) is 11.1 Å². The molecule has 1 amide bonds. The van der Waals surface area contributed by atoms with Crippen molar-refractivity contribution in [3.63, 3.8) is 0 Å². The third kappa shape index (κ3) is 5.18. The maximum absolute atomic E-state index is 12.6. The highest BCUT2D eigenvalue weighted by atomic mass is 35.5. The molecule has 1 aliphatic carbocycles. The lowest BCUT2D eigenvalue weighted by molar-refractivity contribution is -0.385. The van der Waals surface area contributed by atoms with Crippen LogP contribution < -0.4 is 5.32 Å². The first-order valence-corrected chi connectivity index (χ1v) is 9.76. The Hall–Kier alpha value is -3.33. The highest BCUT2D eigenvalue weighted by Crippen LogP contribution is 2.24. The summed E-state index contributed by atoms with van der Waals surface area (Å²) in [5, 5.41) is 24.7. The molecule has 0 radical (unpaired) electrons. The molecule has 30 heavy (non-hydrogen) atoms. The molecule has 2 atom stereocenters. The van der Waals surface area contributed by atoms with Gasteiger partial charge in [-0.3, -0.25) is 30.0 Å². The number of hydrogen-bond acceptors (Lipinski definition) is 6. The maximum atomic E-state index is 12.6. The molecule has 2 aromatic rings. The SMILES string of the molecule is O=C(NC1CCCCC1N=C(Cl)c1ccc([N+](=O)[O-])cc1)c1ccc([N+](=O)[O-])cc1. The van der Waals surface area contributed by atoms with Crippen LogP contribution in [0.3, 0.4) is 0 Å². The zero-order valence-corrected chi connectivity index (χ0v) is 16.6. The van der Waals surface area contributed by atoms with Crippen LogP contribution >= 0.6 is 11.6 Å². The van der Waals surface area contributed by atoms with Crippen LogP contribution in [-0.2, 0) is 0 Å². The van der Waals surface area contributed by atoms with Crippen LogP contribution in [0.1, 0.15) is 41.6 Å². The van der Waals surface area contributed by atoms with Crippen LogP contribution in [0.2, 0.25) is 0 Å². The summed E-state index contributed by atoms with van der Waals surface area (Å²) in [5.41, 5.74) is 0.777. The van der Waals surface area contributed by atoms with Crippen molar-refractivity contribution in [1.29, 1.82) is 0 Å². The van der Waals surface area contributed by atoms with Crippen molar-refractivity contribution < 1.29 is 14.6 Å². The van der Waals surface area contributed by atoms with Gasteiger partial charge in [-0.15, -0.1) is 0 Å². The lowest BCUT2D eigenvalue weighted by atomic mass is 9.90. The zero-order valence-electron chi connectivity index (χ0n) is 15.9. The molecule has 1 aliphatic rings. The Morgan fingerprint density at radius 2 is 1.40 bits per heavy atom. The number of amides is 1. The van der Waals surface area contributed by atoms with Gasteiger partial charge < -0.3 is 5.32 Å². The number of aliphatic imine (C=N–C) groups is 1. The van der Waals surface area contributed by atoms with Gasteiger partial charge in [0.1, 0.15) is 5.17 Å². The maximum Gasteiger partial charge on any atom is 0.269 e. The topological polar surface area (TPSA) is 128 Å². The average Bonchev–Trinajstić information content (AvgIpc) is 2.75. The standard InChI is InChI=1S/C20H19ClN4O5/c21-19(13-5-9-15(10-6-13)24(27)28)22-17-3-1-2-4-18(17)23-20(26)14-7-11-16(12-8-14)25(29)30/h5-12,17-18H,1-4H2,(H,23,26). The fraction of sp³-hybridized carbons (Fsp3) is 0.300. The summed E-state index contributed by atoms with van der Waals surface area (Å²) in [6.45, 7) is 0. The Morgan fingerprint density at radius 3 is 1.93 bits per heavy atom. The van der Waals surface area contributed by atoms with E-state index in [4.69, 9.17) is 11.6 Å². The van der Waals surface area contributed by atoms with Crippen molar-refractivity contribution in [2.24, 2.45) is 4.99 Å². The molecule has 0 spiro atoms. The minimum Gasteiger partial charge on any atom is -0.347 e. The smallest absolute Gasteiger partial charge is 0.269 e. The molecule has 0 aromatic heterocycles. The Bertz CT molecular complexity index is 976. The van der Waals surface area contributed by atoms with Gasteiger partial charge in [0.05, 0.1) is 21.9 Å². The number of nitrogens with one attached hydrogen (secondary N) is 1. The molecule has 0 aliphatic heterocycles. The van der Waals surface area contributed by atoms with E-state index in [1.807, 2.05) is 0 Å². The lowest BCUT2D eigenvalue weighted by Crippen LogP contribution is -2.44. The van der Waals surface area contributed by atoms with Crippen molar-refractivity contribution in [3.05, 3.63) is 79.9 Å². The summed E-state index contributed by atoms with van der Waals surface area (Å²) in [7, 11) is 0. The fourth-order valence-electron chi connectivity index (χ4n) is 3.36. The summed E-state index contributed by atoms with van der Waals surface area (Å²) < 4.78 is 0. The van der Waals surface area contributed by atoms with E-state index in [1.165, 1.54) is 48.5 Å². The minimum absolute atomic E-state index is 0.0332. The van der Waals surface area contributed by atoms with Gasteiger partial charge in [-0.1, -0.05) is 24.4 Å². The first-order chi connectivity index (χ1) is 14.3. The molecule has 2 unspecified atom stereocenters. The molecular formula is C20H19ClN4O5. The van der Waals surface area contributed by atoms with Gasteiger partial charge in [0.2, 0.25) is 0 Å². The van der Waals surface area contributed by atoms with Crippen molar-refractivity contribution in [3.8, 4) is 0 Å². The van der Waals surface area contributed by atoms with Gasteiger partial charge in [-0.25, -0.2) is 0 Å². The molecule has 0 saturated heterocycles. The monoisotopic (exact) mass is 430 g/mol. The van der Waals surface area contributed by atoms with Crippen LogP contribution in [0.4, 0.5) is 11.4 Å². The fourth-order valence-corrected chi connectivity index (χ4v) is 3.61. The Kier molecular flexibility index (Phi) is 6.73. The van der Waals surface area contributed by atoms with E-state index < -0.39 is 9.85 Å². The molecule has 2 aromatic carbocycles. The number of carbonyl (C=O) groups is 1. The number of hydrogen-bond donors (Lipinski definition) is 1. The molecule has 0 heterocycles. The van der Waals surface area contributed by atoms with Crippen LogP contribution in [-0.4, -0.2) is 33.0 Å². The summed E-state index contributed by atoms with van der Waals surface area (Å²) in [6, 6.07) is 10.7. The second kappa shape index (κ2) is 9.45. The number of rotatable bonds is 6. The summed E-state index contributed by atoms with van der Waals surface area (Å²) in [4.78, 5) is 37.7. The number of carbonyl (C=O) groups excluding carboxylic acids is 1. The number of nitrogens with zero attached hydrogens (tertiary/aromatic N) is 3. The summed E-state index contributed by atoms with van der Waals surface area (Å²) in [6.07, 6.45) is 3.36. The van der Waals surface area contributed by atoms with Crippen LogP contribution in [0.15, 0.2) is 53.5 Å². The molecule has 9 nitrogen and oxygen atoms in total. The van der Waals surface area contributed by atoms with E-state index in [-0.39, 0.29) is 34.5 Å². The number of halogens is 1. The average molecular weight is 431 g/mol. The van der Waals surface area contributed by atoms with Gasteiger partial charge in [0, 0.05) is 35.4 Å². The molecule has 1 fully saturated rings. The van der Waals surface area contributed by atoms with Crippen molar-refractivity contribution >= 4 is 34.1 Å². The molecule has 1 N–H and O–H groups in total. The predicted molar refractivity (Wildman–Crippen MR) is 112 cm³/mol. The first-order valence-electron chi connectivity index (χ1n) is 9.38. The van der Waals surface area contributed by atoms with Crippen LogP contribution in [0.5, 0.6) is 0 Å². The highest BCUT2D eigenvalue weighted by Gasteiger charge is 2.27. The van der Waals surface area contributed by atoms with E-state index in [1.54, 1.807) is 0 Å². The van der Waals surface area contributed by atoms with Crippen LogP contribution in [0.25, 0.3) is 0 Å². The van der Waals surface area contributed by atoms with Gasteiger partial charge in [-0.2, -0.15) is 0 Å². The third-order valence-electron chi connectivity index (χ3n) is 4.98. The highest BCUT2D eigenvalue weighted by molar-refractivity contribution is 6.69. The minimum atomic E-state index is -0.520. The second-order valence-corrected chi connectivity index (χ2v) is 7.32. The van der Waals surface area contributed by atoms with E-state index >= 15 is 0 Å².